The van der Waals surface area contributed by atoms with Crippen LogP contribution in [0.5, 0.6) is 0 Å². The van der Waals surface area contributed by atoms with E-state index in [2.05, 4.69) is 32.7 Å². The standard InChI is InChI=1S/C13H15BrN2O2S2/c1-2-19-13-15-11-7-20(17,18)8-12(11)16(13)10-5-3-4-9(14)6-10/h3-6,11-12H,2,7-8H2,1H3/t11-,12-/m0/s1. The van der Waals surface area contributed by atoms with Crippen LogP contribution < -0.4 is 4.90 Å². The highest BCUT2D eigenvalue weighted by Crippen LogP contribution is 2.35. The van der Waals surface area contributed by atoms with E-state index in [1.54, 1.807) is 11.8 Å². The zero-order valence-corrected chi connectivity index (χ0v) is 14.2. The summed E-state index contributed by atoms with van der Waals surface area (Å²) >= 11 is 5.14. The zero-order chi connectivity index (χ0) is 14.3. The monoisotopic (exact) mass is 374 g/mol. The van der Waals surface area contributed by atoms with Gasteiger partial charge in [0.15, 0.2) is 15.0 Å². The van der Waals surface area contributed by atoms with Gasteiger partial charge in [-0.1, -0.05) is 40.7 Å². The molecule has 1 aromatic carbocycles. The SMILES string of the molecule is CCSC1=N[C@H]2CS(=O)(=O)C[C@@H]2N1c1cccc(Br)c1. The molecule has 2 atom stereocenters. The second-order valence-electron chi connectivity index (χ2n) is 4.91. The van der Waals surface area contributed by atoms with Crippen LogP contribution in [0.25, 0.3) is 0 Å². The Morgan fingerprint density at radius 3 is 2.95 bits per heavy atom. The number of sulfone groups is 1. The van der Waals surface area contributed by atoms with Gasteiger partial charge in [0.2, 0.25) is 0 Å². The predicted octanol–water partition coefficient (Wildman–Crippen LogP) is 2.54. The lowest BCUT2D eigenvalue weighted by molar-refractivity contribution is 0.601. The Morgan fingerprint density at radius 1 is 1.45 bits per heavy atom. The first-order chi connectivity index (χ1) is 9.50. The molecule has 2 aliphatic rings. The van der Waals surface area contributed by atoms with Gasteiger partial charge in [0.1, 0.15) is 0 Å². The first kappa shape index (κ1) is 14.4. The van der Waals surface area contributed by atoms with E-state index in [0.29, 0.717) is 0 Å². The lowest BCUT2D eigenvalue weighted by Crippen LogP contribution is -2.39. The number of aliphatic imine (C=N–C) groups is 1. The van der Waals surface area contributed by atoms with E-state index in [-0.39, 0.29) is 23.6 Å². The molecular weight excluding hydrogens is 360 g/mol. The van der Waals surface area contributed by atoms with Crippen molar-refractivity contribution in [2.75, 3.05) is 22.2 Å². The maximum absolute atomic E-state index is 11.8. The fourth-order valence-corrected chi connectivity index (χ4v) is 5.77. The third-order valence-electron chi connectivity index (χ3n) is 3.47. The Balaban J connectivity index is 2.00. The number of halogens is 1. The van der Waals surface area contributed by atoms with Crippen LogP contribution >= 0.6 is 27.7 Å². The molecule has 1 aromatic rings. The Morgan fingerprint density at radius 2 is 2.25 bits per heavy atom. The third kappa shape index (κ3) is 2.63. The van der Waals surface area contributed by atoms with E-state index in [0.717, 1.165) is 21.1 Å². The van der Waals surface area contributed by atoms with Gasteiger partial charge in [-0.2, -0.15) is 0 Å². The molecule has 0 saturated carbocycles. The summed E-state index contributed by atoms with van der Waals surface area (Å²) < 4.78 is 24.7. The average Bonchev–Trinajstić information content (AvgIpc) is 2.80. The lowest BCUT2D eigenvalue weighted by atomic mass is 10.1. The summed E-state index contributed by atoms with van der Waals surface area (Å²) in [5.41, 5.74) is 1.00. The van der Waals surface area contributed by atoms with Gasteiger partial charge in [0, 0.05) is 10.2 Å². The van der Waals surface area contributed by atoms with Gasteiger partial charge in [-0.05, 0) is 24.0 Å². The molecular formula is C13H15BrN2O2S2. The molecule has 0 radical (unpaired) electrons. The van der Waals surface area contributed by atoms with Crippen LogP contribution in [0.4, 0.5) is 5.69 Å². The van der Waals surface area contributed by atoms with Crippen molar-refractivity contribution in [2.45, 2.75) is 19.0 Å². The quantitative estimate of drug-likeness (QED) is 0.797. The molecule has 1 fully saturated rings. The second-order valence-corrected chi connectivity index (χ2v) is 9.21. The van der Waals surface area contributed by atoms with E-state index >= 15 is 0 Å². The molecule has 0 bridgehead atoms. The largest absolute Gasteiger partial charge is 0.315 e. The van der Waals surface area contributed by atoms with Crippen molar-refractivity contribution >= 4 is 48.4 Å². The minimum atomic E-state index is -2.96. The van der Waals surface area contributed by atoms with Crippen molar-refractivity contribution in [1.29, 1.82) is 0 Å². The topological polar surface area (TPSA) is 49.7 Å². The van der Waals surface area contributed by atoms with Gasteiger partial charge in [0.25, 0.3) is 0 Å². The van der Waals surface area contributed by atoms with E-state index < -0.39 is 9.84 Å². The molecule has 0 amide bonds. The third-order valence-corrected chi connectivity index (χ3v) is 6.51. The number of anilines is 1. The normalized spacial score (nSPS) is 27.5. The Bertz CT molecular complexity index is 660. The predicted molar refractivity (Wildman–Crippen MR) is 88.4 cm³/mol. The van der Waals surface area contributed by atoms with Crippen molar-refractivity contribution < 1.29 is 8.42 Å². The van der Waals surface area contributed by atoms with Gasteiger partial charge in [-0.3, -0.25) is 4.99 Å². The fraction of sp³-hybridized carbons (Fsp3) is 0.462. The highest BCUT2D eigenvalue weighted by Gasteiger charge is 2.46. The maximum atomic E-state index is 11.8. The first-order valence-corrected chi connectivity index (χ1v) is 10.1. The molecule has 0 N–H and O–H groups in total. The van der Waals surface area contributed by atoms with Crippen LogP contribution in [0.1, 0.15) is 6.92 Å². The van der Waals surface area contributed by atoms with Crippen molar-refractivity contribution in [1.82, 2.24) is 0 Å². The summed E-state index contributed by atoms with van der Waals surface area (Å²) in [6, 6.07) is 7.77. The molecule has 0 spiro atoms. The molecule has 2 heterocycles. The molecule has 0 aromatic heterocycles. The average molecular weight is 375 g/mol. The maximum Gasteiger partial charge on any atom is 0.164 e. The summed E-state index contributed by atoms with van der Waals surface area (Å²) in [6.45, 7) is 2.08. The Hall–Kier alpha value is -0.530. The molecule has 7 heteroatoms. The summed E-state index contributed by atoms with van der Waals surface area (Å²) in [4.78, 5) is 6.73. The molecule has 2 aliphatic heterocycles. The number of nitrogens with zero attached hydrogens (tertiary/aromatic N) is 2. The van der Waals surface area contributed by atoms with Gasteiger partial charge in [-0.25, -0.2) is 8.42 Å². The number of fused-ring (bicyclic) bond motifs is 1. The Kier molecular flexibility index (Phi) is 3.85. The van der Waals surface area contributed by atoms with Crippen LogP contribution in [0, 0.1) is 0 Å². The second kappa shape index (κ2) is 5.35. The molecule has 3 rings (SSSR count). The van der Waals surface area contributed by atoms with Gasteiger partial charge >= 0.3 is 0 Å². The highest BCUT2D eigenvalue weighted by molar-refractivity contribution is 9.10. The molecule has 0 aliphatic carbocycles. The summed E-state index contributed by atoms with van der Waals surface area (Å²) in [5.74, 6) is 1.30. The fourth-order valence-electron chi connectivity index (χ4n) is 2.69. The number of thioether (sulfide) groups is 1. The van der Waals surface area contributed by atoms with Gasteiger partial charge in [0.05, 0.1) is 23.6 Å². The van der Waals surface area contributed by atoms with Crippen LogP contribution in [0.3, 0.4) is 0 Å². The molecule has 108 valence electrons. The van der Waals surface area contributed by atoms with Crippen molar-refractivity contribution in [3.63, 3.8) is 0 Å². The zero-order valence-electron chi connectivity index (χ0n) is 11.0. The van der Waals surface area contributed by atoms with Crippen LogP contribution in [-0.2, 0) is 9.84 Å². The Labute approximate surface area is 131 Å². The summed E-state index contributed by atoms with van der Waals surface area (Å²) in [7, 11) is -2.96. The van der Waals surface area contributed by atoms with Crippen LogP contribution in [0.15, 0.2) is 33.7 Å². The van der Waals surface area contributed by atoms with Crippen molar-refractivity contribution in [3.8, 4) is 0 Å². The number of amidine groups is 1. The summed E-state index contributed by atoms with van der Waals surface area (Å²) in [5, 5.41) is 0.940. The van der Waals surface area contributed by atoms with E-state index in [1.807, 2.05) is 24.3 Å². The van der Waals surface area contributed by atoms with Crippen molar-refractivity contribution in [2.24, 2.45) is 4.99 Å². The summed E-state index contributed by atoms with van der Waals surface area (Å²) in [6.07, 6.45) is 0. The molecule has 4 nitrogen and oxygen atoms in total. The minimum absolute atomic E-state index is 0.0525. The van der Waals surface area contributed by atoms with Gasteiger partial charge in [-0.15, -0.1) is 0 Å². The van der Waals surface area contributed by atoms with Crippen LogP contribution in [0.2, 0.25) is 0 Å². The van der Waals surface area contributed by atoms with Crippen molar-refractivity contribution in [3.05, 3.63) is 28.7 Å². The van der Waals surface area contributed by atoms with Crippen LogP contribution in [-0.4, -0.2) is 42.9 Å². The number of hydrogen-bond acceptors (Lipinski definition) is 5. The smallest absolute Gasteiger partial charge is 0.164 e. The first-order valence-electron chi connectivity index (χ1n) is 6.46. The molecule has 20 heavy (non-hydrogen) atoms. The highest BCUT2D eigenvalue weighted by atomic mass is 79.9. The van der Waals surface area contributed by atoms with E-state index in [4.69, 9.17) is 0 Å². The van der Waals surface area contributed by atoms with E-state index in [1.165, 1.54) is 0 Å². The van der Waals surface area contributed by atoms with E-state index in [9.17, 15) is 8.42 Å². The number of benzene rings is 1. The van der Waals surface area contributed by atoms with Gasteiger partial charge < -0.3 is 4.90 Å². The number of rotatable bonds is 2. The molecule has 1 saturated heterocycles. The molecule has 0 unspecified atom stereocenters. The lowest BCUT2D eigenvalue weighted by Gasteiger charge is -2.26. The number of hydrogen-bond donors (Lipinski definition) is 0. The minimum Gasteiger partial charge on any atom is -0.315 e.